The second-order valence-electron chi connectivity index (χ2n) is 4.13. The van der Waals surface area contributed by atoms with Crippen LogP contribution in [0.15, 0.2) is 0 Å². The van der Waals surface area contributed by atoms with Gasteiger partial charge in [-0.3, -0.25) is 0 Å². The average molecular weight is 268 g/mol. The summed E-state index contributed by atoms with van der Waals surface area (Å²) in [6, 6.07) is -0.431. The largest absolute Gasteiger partial charge is 0.447 e. The molecule has 0 aromatic heterocycles. The van der Waals surface area contributed by atoms with Crippen LogP contribution in [0.3, 0.4) is 0 Å². The number of alkyl halides is 1. The summed E-state index contributed by atoms with van der Waals surface area (Å²) < 4.78 is 41.0. The normalized spacial score (nSPS) is 25.0. The van der Waals surface area contributed by atoms with Gasteiger partial charge in [0.05, 0.1) is 6.26 Å². The zero-order valence-corrected chi connectivity index (χ0v) is 10.7. The minimum absolute atomic E-state index is 0.124. The minimum atomic E-state index is -3.29. The molecule has 0 bridgehead atoms. The molecule has 17 heavy (non-hydrogen) atoms. The predicted molar refractivity (Wildman–Crippen MR) is 59.9 cm³/mol. The zero-order valence-electron chi connectivity index (χ0n) is 9.85. The molecule has 2 atom stereocenters. The first-order chi connectivity index (χ1) is 7.83. The van der Waals surface area contributed by atoms with E-state index in [2.05, 4.69) is 9.46 Å². The van der Waals surface area contributed by atoms with Gasteiger partial charge < -0.3 is 9.64 Å². The number of rotatable bonds is 4. The van der Waals surface area contributed by atoms with E-state index >= 15 is 0 Å². The lowest BCUT2D eigenvalue weighted by Gasteiger charge is -2.20. The Hall–Kier alpha value is -0.890. The second-order valence-corrected chi connectivity index (χ2v) is 5.91. The van der Waals surface area contributed by atoms with Crippen molar-refractivity contribution in [3.8, 4) is 0 Å². The molecule has 1 fully saturated rings. The first-order valence-electron chi connectivity index (χ1n) is 5.30. The Morgan fingerprint density at radius 1 is 1.59 bits per heavy atom. The van der Waals surface area contributed by atoms with Crippen LogP contribution in [-0.4, -0.2) is 57.6 Å². The molecule has 1 heterocycles. The summed E-state index contributed by atoms with van der Waals surface area (Å²) in [5.41, 5.74) is 0. The fourth-order valence-electron chi connectivity index (χ4n) is 1.88. The Morgan fingerprint density at radius 2 is 2.24 bits per heavy atom. The van der Waals surface area contributed by atoms with E-state index in [0.29, 0.717) is 6.42 Å². The Kier molecular flexibility index (Phi) is 4.70. The third kappa shape index (κ3) is 4.47. The molecule has 1 N–H and O–H groups in total. The van der Waals surface area contributed by atoms with Gasteiger partial charge in [0.2, 0.25) is 10.0 Å². The van der Waals surface area contributed by atoms with Gasteiger partial charge in [-0.2, -0.15) is 0 Å². The fraction of sp³-hybridized carbons (Fsp3) is 0.889. The number of likely N-dealkylation sites (tertiary alicyclic amines) is 1. The molecule has 1 amide bonds. The molecule has 0 aromatic carbocycles. The summed E-state index contributed by atoms with van der Waals surface area (Å²) in [5.74, 6) is 0. The van der Waals surface area contributed by atoms with Crippen molar-refractivity contribution in [2.75, 3.05) is 26.1 Å². The minimum Gasteiger partial charge on any atom is -0.447 e. The summed E-state index contributed by atoms with van der Waals surface area (Å²) in [7, 11) is -3.29. The molecule has 1 rings (SSSR count). The van der Waals surface area contributed by atoms with Gasteiger partial charge in [0.1, 0.15) is 13.3 Å². The number of sulfonamides is 1. The van der Waals surface area contributed by atoms with Crippen LogP contribution in [0.2, 0.25) is 0 Å². The van der Waals surface area contributed by atoms with Gasteiger partial charge in [0, 0.05) is 18.6 Å². The third-order valence-corrected chi connectivity index (χ3v) is 3.25. The van der Waals surface area contributed by atoms with Crippen molar-refractivity contribution < 1.29 is 22.3 Å². The van der Waals surface area contributed by atoms with Gasteiger partial charge >= 0.3 is 6.09 Å². The van der Waals surface area contributed by atoms with Crippen molar-refractivity contribution in [3.05, 3.63) is 0 Å². The highest BCUT2D eigenvalue weighted by Gasteiger charge is 2.34. The number of ether oxygens (including phenoxy) is 1. The monoisotopic (exact) mass is 268 g/mol. The van der Waals surface area contributed by atoms with Crippen molar-refractivity contribution in [3.63, 3.8) is 0 Å². The lowest BCUT2D eigenvalue weighted by Crippen LogP contribution is -2.39. The molecule has 100 valence electrons. The van der Waals surface area contributed by atoms with Crippen LogP contribution in [0.4, 0.5) is 9.18 Å². The molecular weight excluding hydrogens is 251 g/mol. The molecule has 0 aliphatic carbocycles. The number of hydrogen-bond acceptors (Lipinski definition) is 4. The maximum absolute atomic E-state index is 11.8. The van der Waals surface area contributed by atoms with Crippen LogP contribution in [0.1, 0.15) is 13.3 Å². The van der Waals surface area contributed by atoms with Gasteiger partial charge in [-0.15, -0.1) is 0 Å². The first kappa shape index (κ1) is 14.2. The number of halogens is 1. The lowest BCUT2D eigenvalue weighted by molar-refractivity contribution is 0.0942. The highest BCUT2D eigenvalue weighted by Crippen LogP contribution is 2.18. The summed E-state index contributed by atoms with van der Waals surface area (Å²) in [6.45, 7) is 1.05. The SMILES string of the molecule is CC1CC(NS(C)(=O)=O)CN1C(=O)OCCF. The third-order valence-electron chi connectivity index (χ3n) is 2.49. The number of nitrogens with zero attached hydrogens (tertiary/aromatic N) is 1. The lowest BCUT2D eigenvalue weighted by atomic mass is 10.2. The molecule has 8 heteroatoms. The highest BCUT2D eigenvalue weighted by atomic mass is 32.2. The van der Waals surface area contributed by atoms with Crippen molar-refractivity contribution in [2.24, 2.45) is 0 Å². The van der Waals surface area contributed by atoms with Gasteiger partial charge in [-0.05, 0) is 13.3 Å². The van der Waals surface area contributed by atoms with Gasteiger partial charge in [0.15, 0.2) is 0 Å². The maximum Gasteiger partial charge on any atom is 0.410 e. The Bertz CT molecular complexity index is 373. The average Bonchev–Trinajstić information content (AvgIpc) is 2.53. The number of nitrogens with one attached hydrogen (secondary N) is 1. The van der Waals surface area contributed by atoms with Crippen molar-refractivity contribution >= 4 is 16.1 Å². The van der Waals surface area contributed by atoms with Crippen molar-refractivity contribution in [1.29, 1.82) is 0 Å². The first-order valence-corrected chi connectivity index (χ1v) is 7.19. The summed E-state index contributed by atoms with van der Waals surface area (Å²) >= 11 is 0. The van der Waals surface area contributed by atoms with E-state index < -0.39 is 22.8 Å². The van der Waals surface area contributed by atoms with Gasteiger partial charge in [-0.1, -0.05) is 0 Å². The number of hydrogen-bond donors (Lipinski definition) is 1. The van der Waals surface area contributed by atoms with Crippen molar-refractivity contribution in [1.82, 2.24) is 9.62 Å². The molecule has 0 aromatic rings. The Balaban J connectivity index is 2.52. The molecule has 1 aliphatic heterocycles. The van der Waals surface area contributed by atoms with Crippen LogP contribution in [0.25, 0.3) is 0 Å². The molecule has 0 saturated carbocycles. The smallest absolute Gasteiger partial charge is 0.410 e. The summed E-state index contributed by atoms with van der Waals surface area (Å²) in [6.07, 6.45) is 0.993. The van der Waals surface area contributed by atoms with E-state index in [1.165, 1.54) is 4.90 Å². The molecular formula is C9H17FN2O4S. The number of amides is 1. The molecule has 6 nitrogen and oxygen atoms in total. The van der Waals surface area contributed by atoms with E-state index in [9.17, 15) is 17.6 Å². The van der Waals surface area contributed by atoms with Gasteiger partial charge in [0.25, 0.3) is 0 Å². The molecule has 1 saturated heterocycles. The summed E-state index contributed by atoms with van der Waals surface area (Å²) in [4.78, 5) is 12.9. The highest BCUT2D eigenvalue weighted by molar-refractivity contribution is 7.88. The Morgan fingerprint density at radius 3 is 2.76 bits per heavy atom. The van der Waals surface area contributed by atoms with E-state index in [4.69, 9.17) is 0 Å². The van der Waals surface area contributed by atoms with Crippen LogP contribution >= 0.6 is 0 Å². The van der Waals surface area contributed by atoms with Crippen LogP contribution in [-0.2, 0) is 14.8 Å². The predicted octanol–water partition coefficient (Wildman–Crippen LogP) is 0.104. The Labute approximate surface area is 100 Å². The van der Waals surface area contributed by atoms with Gasteiger partial charge in [-0.25, -0.2) is 22.3 Å². The number of carbonyl (C=O) groups excluding carboxylic acids is 1. The van der Waals surface area contributed by atoms with Crippen LogP contribution in [0, 0.1) is 0 Å². The molecule has 0 spiro atoms. The fourth-order valence-corrected chi connectivity index (χ4v) is 2.66. The van der Waals surface area contributed by atoms with E-state index in [1.54, 1.807) is 6.92 Å². The molecule has 0 radical (unpaired) electrons. The van der Waals surface area contributed by atoms with E-state index in [0.717, 1.165) is 6.26 Å². The van der Waals surface area contributed by atoms with Crippen LogP contribution < -0.4 is 4.72 Å². The topological polar surface area (TPSA) is 75.7 Å². The molecule has 1 aliphatic rings. The summed E-state index contributed by atoms with van der Waals surface area (Å²) in [5, 5.41) is 0. The quantitative estimate of drug-likeness (QED) is 0.785. The molecule has 2 unspecified atom stereocenters. The zero-order chi connectivity index (χ0) is 13.1. The van der Waals surface area contributed by atoms with Crippen LogP contribution in [0.5, 0.6) is 0 Å². The number of carbonyl (C=O) groups is 1. The van der Waals surface area contributed by atoms with Crippen molar-refractivity contribution in [2.45, 2.75) is 25.4 Å². The standard InChI is InChI=1S/C9H17FN2O4S/c1-7-5-8(11-17(2,14)15)6-12(7)9(13)16-4-3-10/h7-8,11H,3-6H2,1-2H3. The second kappa shape index (κ2) is 5.63. The van der Waals surface area contributed by atoms with E-state index in [1.807, 2.05) is 0 Å². The van der Waals surface area contributed by atoms with E-state index in [-0.39, 0.29) is 25.2 Å². The maximum atomic E-state index is 11.8.